The topological polar surface area (TPSA) is 124 Å². The molecule has 0 N–H and O–H groups in total. The Hall–Kier alpha value is -6.94. The number of carbonyl (C=O) groups excluding carboxylic acids is 4. The van der Waals surface area contributed by atoms with Gasteiger partial charge in [0.2, 0.25) is 0 Å². The molecular weight excluding hydrogens is 1020 g/mol. The molecule has 2 aliphatic rings. The Bertz CT molecular complexity index is 2740. The number of rotatable bonds is 34. The van der Waals surface area contributed by atoms with Crippen molar-refractivity contribution in [3.05, 3.63) is 162 Å². The number of carbonyl (C=O) groups is 4. The summed E-state index contributed by atoms with van der Waals surface area (Å²) in [4.78, 5) is 49.9. The highest BCUT2D eigenvalue weighted by Crippen LogP contribution is 2.50. The maximum absolute atomic E-state index is 14.1. The van der Waals surface area contributed by atoms with Gasteiger partial charge in [0, 0.05) is 24.1 Å². The van der Waals surface area contributed by atoms with Crippen molar-refractivity contribution < 1.29 is 47.6 Å². The highest BCUT2D eigenvalue weighted by atomic mass is 16.6. The zero-order valence-corrected chi connectivity index (χ0v) is 49.2. The predicted molar refractivity (Wildman–Crippen MR) is 328 cm³/mol. The molecule has 0 saturated heterocycles. The lowest BCUT2D eigenvalue weighted by Gasteiger charge is -2.35. The standard InChI is InChI=1S/C72H90O10/c1-5-9-10-11-12-21-52-81-72(76)66-47-46-65(61-34-30-57(31-35-61)53-22-26-55(27-23-53)59-38-42-63(43-39-59)77-48-17-13-15-19-50-79-67(73)6-2)70(71(66)82-69(75)8-4)62-36-32-58(33-37-62)54-24-28-56(29-25-54)60-40-44-64(45-41-60)78-49-18-14-16-20-51-80-68(74)7-3/h6-7,22-29,38-47,57-58,61-62H,2-3,5,8-21,30-37,48-52H2,1,4H3. The Kier molecular flexibility index (Phi) is 26.4. The molecule has 0 aromatic heterocycles. The van der Waals surface area contributed by atoms with Crippen LogP contribution in [-0.4, -0.2) is 56.9 Å². The Morgan fingerprint density at radius 2 is 0.805 bits per heavy atom. The fraction of sp³-hybridized carbons (Fsp3) is 0.472. The lowest BCUT2D eigenvalue weighted by Crippen LogP contribution is -2.21. The van der Waals surface area contributed by atoms with Crippen LogP contribution in [0.15, 0.2) is 135 Å². The second-order valence-corrected chi connectivity index (χ2v) is 22.3. The molecule has 82 heavy (non-hydrogen) atoms. The van der Waals surface area contributed by atoms with Crippen LogP contribution in [0.5, 0.6) is 17.2 Å². The van der Waals surface area contributed by atoms with Gasteiger partial charge in [-0.3, -0.25) is 4.79 Å². The maximum Gasteiger partial charge on any atom is 0.341 e. The monoisotopic (exact) mass is 1110 g/mol. The molecule has 5 aromatic rings. The molecule has 0 heterocycles. The van der Waals surface area contributed by atoms with Crippen molar-refractivity contribution in [2.75, 3.05) is 33.0 Å². The van der Waals surface area contributed by atoms with Crippen LogP contribution in [0.3, 0.4) is 0 Å². The van der Waals surface area contributed by atoms with E-state index >= 15 is 0 Å². The van der Waals surface area contributed by atoms with Gasteiger partial charge in [0.15, 0.2) is 0 Å². The Balaban J connectivity index is 0.972. The van der Waals surface area contributed by atoms with Gasteiger partial charge in [-0.15, -0.1) is 0 Å². The lowest BCUT2D eigenvalue weighted by atomic mass is 9.70. The molecule has 0 atom stereocenters. The van der Waals surface area contributed by atoms with Gasteiger partial charge in [-0.25, -0.2) is 14.4 Å². The van der Waals surface area contributed by atoms with Crippen LogP contribution in [0.4, 0.5) is 0 Å². The third-order valence-electron chi connectivity index (χ3n) is 16.6. The largest absolute Gasteiger partial charge is 0.494 e. The van der Waals surface area contributed by atoms with Crippen LogP contribution < -0.4 is 14.2 Å². The molecule has 2 aliphatic carbocycles. The summed E-state index contributed by atoms with van der Waals surface area (Å²) in [6, 6.07) is 38.8. The normalized spacial score (nSPS) is 16.8. The summed E-state index contributed by atoms with van der Waals surface area (Å²) in [5.74, 6) is 1.90. The van der Waals surface area contributed by atoms with Crippen molar-refractivity contribution in [3.8, 4) is 39.5 Å². The minimum absolute atomic E-state index is 0.135. The highest BCUT2D eigenvalue weighted by molar-refractivity contribution is 5.94. The van der Waals surface area contributed by atoms with E-state index in [0.717, 1.165) is 156 Å². The first kappa shape index (κ1) is 62.7. The number of hydrogen-bond acceptors (Lipinski definition) is 10. The first-order chi connectivity index (χ1) is 40.2. The average molecular weight is 1120 g/mol. The fourth-order valence-corrected chi connectivity index (χ4v) is 11.8. The summed E-state index contributed by atoms with van der Waals surface area (Å²) >= 11 is 0. The van der Waals surface area contributed by atoms with E-state index in [1.165, 1.54) is 53.7 Å². The molecule has 0 radical (unpaired) electrons. The number of hydrogen-bond donors (Lipinski definition) is 0. The van der Waals surface area contributed by atoms with Gasteiger partial charge in [0.05, 0.1) is 33.0 Å². The number of ether oxygens (including phenoxy) is 6. The summed E-state index contributed by atoms with van der Waals surface area (Å²) < 4.78 is 34.4. The molecule has 7 rings (SSSR count). The second kappa shape index (κ2) is 34.5. The summed E-state index contributed by atoms with van der Waals surface area (Å²) in [6.07, 6.45) is 24.7. The molecule has 2 fully saturated rings. The number of unbranched alkanes of at least 4 members (excludes halogenated alkanes) is 11. The third kappa shape index (κ3) is 19.6. The fourth-order valence-electron chi connectivity index (χ4n) is 11.8. The first-order valence-corrected chi connectivity index (χ1v) is 31.0. The van der Waals surface area contributed by atoms with Crippen molar-refractivity contribution in [1.29, 1.82) is 0 Å². The first-order valence-electron chi connectivity index (χ1n) is 31.0. The van der Waals surface area contributed by atoms with Crippen molar-refractivity contribution in [3.63, 3.8) is 0 Å². The van der Waals surface area contributed by atoms with E-state index < -0.39 is 5.97 Å². The molecular formula is C72H90O10. The maximum atomic E-state index is 14.1. The van der Waals surface area contributed by atoms with E-state index in [-0.39, 0.29) is 36.2 Å². The Morgan fingerprint density at radius 1 is 0.427 bits per heavy atom. The Labute approximate surface area is 489 Å². The molecule has 10 heteroatoms. The summed E-state index contributed by atoms with van der Waals surface area (Å²) in [5.41, 5.74) is 9.96. The van der Waals surface area contributed by atoms with Gasteiger partial charge in [-0.1, -0.05) is 138 Å². The lowest BCUT2D eigenvalue weighted by molar-refractivity contribution is -0.138. The van der Waals surface area contributed by atoms with Gasteiger partial charge in [0.25, 0.3) is 0 Å². The van der Waals surface area contributed by atoms with Crippen LogP contribution >= 0.6 is 0 Å². The van der Waals surface area contributed by atoms with Crippen LogP contribution in [0.25, 0.3) is 22.3 Å². The van der Waals surface area contributed by atoms with Gasteiger partial charge in [-0.05, 0) is 202 Å². The smallest absolute Gasteiger partial charge is 0.341 e. The van der Waals surface area contributed by atoms with E-state index in [0.29, 0.717) is 56.2 Å². The van der Waals surface area contributed by atoms with E-state index in [9.17, 15) is 19.2 Å². The highest BCUT2D eigenvalue weighted by Gasteiger charge is 2.35. The van der Waals surface area contributed by atoms with Crippen LogP contribution in [0.2, 0.25) is 0 Å². The third-order valence-corrected chi connectivity index (χ3v) is 16.6. The van der Waals surface area contributed by atoms with Crippen molar-refractivity contribution in [2.24, 2.45) is 0 Å². The zero-order chi connectivity index (χ0) is 57.7. The van der Waals surface area contributed by atoms with Crippen molar-refractivity contribution >= 4 is 23.9 Å². The zero-order valence-electron chi connectivity index (χ0n) is 49.2. The number of esters is 4. The van der Waals surface area contributed by atoms with Gasteiger partial charge in [0.1, 0.15) is 22.8 Å². The van der Waals surface area contributed by atoms with E-state index in [2.05, 4.69) is 98.9 Å². The van der Waals surface area contributed by atoms with Crippen LogP contribution in [0.1, 0.15) is 218 Å². The van der Waals surface area contributed by atoms with Gasteiger partial charge in [-0.2, -0.15) is 0 Å². The van der Waals surface area contributed by atoms with Crippen molar-refractivity contribution in [1.82, 2.24) is 0 Å². The molecule has 2 saturated carbocycles. The SMILES string of the molecule is C=CC(=O)OCCCCCCOc1ccc(-c2ccc(C3CCC(c4ccc(C(=O)OCCCCCCCC)c(OC(=O)CC)c4C4CCC(c5ccc(-c6ccc(OCCCCCCOC(=O)C=C)cc6)cc5)CC4)CC3)cc2)cc1. The van der Waals surface area contributed by atoms with Crippen molar-refractivity contribution in [2.45, 2.75) is 185 Å². The van der Waals surface area contributed by atoms with Gasteiger partial charge < -0.3 is 28.4 Å². The summed E-state index contributed by atoms with van der Waals surface area (Å²) in [7, 11) is 0. The van der Waals surface area contributed by atoms with E-state index in [4.69, 9.17) is 28.4 Å². The molecule has 0 bridgehead atoms. The molecule has 438 valence electrons. The van der Waals surface area contributed by atoms with E-state index in [1.807, 2.05) is 37.3 Å². The minimum atomic E-state index is -0.410. The molecule has 0 aliphatic heterocycles. The molecule has 0 unspecified atom stereocenters. The molecule has 10 nitrogen and oxygen atoms in total. The van der Waals surface area contributed by atoms with Crippen LogP contribution in [0, 0.1) is 0 Å². The second-order valence-electron chi connectivity index (χ2n) is 22.3. The quantitative estimate of drug-likeness (QED) is 0.0129. The van der Waals surface area contributed by atoms with Crippen LogP contribution in [-0.2, 0) is 28.6 Å². The van der Waals surface area contributed by atoms with E-state index in [1.54, 1.807) is 0 Å². The van der Waals surface area contributed by atoms with Gasteiger partial charge >= 0.3 is 23.9 Å². The predicted octanol–water partition coefficient (Wildman–Crippen LogP) is 18.1. The number of benzene rings is 5. The average Bonchev–Trinajstić information content (AvgIpc) is 3.10. The summed E-state index contributed by atoms with van der Waals surface area (Å²) in [5, 5.41) is 0. The summed E-state index contributed by atoms with van der Waals surface area (Å²) in [6.45, 7) is 13.4. The minimum Gasteiger partial charge on any atom is -0.494 e. The molecule has 0 amide bonds. The molecule has 5 aromatic carbocycles. The molecule has 0 spiro atoms. The Morgan fingerprint density at radius 3 is 1.23 bits per heavy atom.